The summed E-state index contributed by atoms with van der Waals surface area (Å²) in [4.78, 5) is 20.9. The van der Waals surface area contributed by atoms with Crippen LogP contribution in [0.4, 0.5) is 23.2 Å². The van der Waals surface area contributed by atoms with Crippen LogP contribution in [-0.2, 0) is 17.9 Å². The van der Waals surface area contributed by atoms with Crippen molar-refractivity contribution < 1.29 is 31.8 Å². The molecule has 4 aromatic rings. The van der Waals surface area contributed by atoms with Gasteiger partial charge in [-0.1, -0.05) is 30.3 Å². The monoisotopic (exact) mass is 568 g/mol. The van der Waals surface area contributed by atoms with Crippen molar-refractivity contribution in [1.82, 2.24) is 14.5 Å². The van der Waals surface area contributed by atoms with Gasteiger partial charge in [-0.3, -0.25) is 4.79 Å². The third kappa shape index (κ3) is 6.23. The first-order valence-corrected chi connectivity index (χ1v) is 13.5. The molecule has 3 aromatic carbocycles. The topological polar surface area (TPSA) is 59.8 Å². The first-order chi connectivity index (χ1) is 19.7. The number of benzene rings is 3. The Balaban J connectivity index is 1.29. The zero-order valence-corrected chi connectivity index (χ0v) is 22.1. The molecule has 6 rings (SSSR count). The Morgan fingerprint density at radius 1 is 0.927 bits per heavy atom. The molecule has 0 unspecified atom stereocenters. The number of halogens is 4. The van der Waals surface area contributed by atoms with E-state index in [2.05, 4.69) is 9.72 Å². The molecule has 0 bridgehead atoms. The van der Waals surface area contributed by atoms with Gasteiger partial charge in [-0.2, -0.15) is 0 Å². The second-order valence-corrected chi connectivity index (χ2v) is 10.3. The zero-order chi connectivity index (χ0) is 28.6. The zero-order valence-electron chi connectivity index (χ0n) is 22.1. The molecule has 2 fully saturated rings. The lowest BCUT2D eigenvalue weighted by atomic mass is 10.2. The number of hydrogen-bond acceptors (Lipinski definition) is 5. The Bertz CT molecular complexity index is 1530. The van der Waals surface area contributed by atoms with Gasteiger partial charge >= 0.3 is 6.36 Å². The molecule has 1 aromatic heterocycles. The minimum absolute atomic E-state index is 0.104. The summed E-state index contributed by atoms with van der Waals surface area (Å²) in [5.74, 6) is 0.797. The minimum Gasteiger partial charge on any atom is -0.486 e. The lowest BCUT2D eigenvalue weighted by molar-refractivity contribution is -0.274. The van der Waals surface area contributed by atoms with Crippen LogP contribution in [0.3, 0.4) is 0 Å². The Hall–Kier alpha value is -4.28. The molecule has 1 aliphatic carbocycles. The van der Waals surface area contributed by atoms with E-state index in [0.717, 1.165) is 12.8 Å². The molecule has 41 heavy (non-hydrogen) atoms. The SMILES string of the molecule is O=C(C1CC1)N1CCN(c2cc3c(cc2F)nc(COc2ccccc2)n3Cc2ccc(OC(F)(F)F)cc2)CC1. The Morgan fingerprint density at radius 2 is 1.63 bits per heavy atom. The van der Waals surface area contributed by atoms with Crippen molar-refractivity contribution in [2.75, 3.05) is 31.1 Å². The Labute approximate surface area is 233 Å². The van der Waals surface area contributed by atoms with Crippen molar-refractivity contribution in [2.45, 2.75) is 32.4 Å². The molecular formula is C30H28F4N4O3. The molecule has 0 N–H and O–H groups in total. The quantitative estimate of drug-likeness (QED) is 0.253. The Kier molecular flexibility index (Phi) is 7.19. The van der Waals surface area contributed by atoms with Crippen LogP contribution in [0, 0.1) is 11.7 Å². The van der Waals surface area contributed by atoms with Crippen LogP contribution < -0.4 is 14.4 Å². The summed E-state index contributed by atoms with van der Waals surface area (Å²) in [5.41, 5.74) is 2.23. The van der Waals surface area contributed by atoms with Crippen molar-refractivity contribution in [3.05, 3.63) is 83.9 Å². The predicted octanol–water partition coefficient (Wildman–Crippen LogP) is 5.76. The number of nitrogens with zero attached hydrogens (tertiary/aromatic N) is 4. The fourth-order valence-corrected chi connectivity index (χ4v) is 5.11. The van der Waals surface area contributed by atoms with Crippen LogP contribution in [0.15, 0.2) is 66.7 Å². The molecule has 11 heteroatoms. The summed E-state index contributed by atoms with van der Waals surface area (Å²) in [7, 11) is 0. The van der Waals surface area contributed by atoms with Gasteiger partial charge in [-0.15, -0.1) is 13.2 Å². The number of hydrogen-bond donors (Lipinski definition) is 0. The molecule has 214 valence electrons. The van der Waals surface area contributed by atoms with Gasteiger partial charge in [-0.25, -0.2) is 9.37 Å². The summed E-state index contributed by atoms with van der Waals surface area (Å²) in [5, 5.41) is 0. The third-order valence-corrected chi connectivity index (χ3v) is 7.36. The molecular weight excluding hydrogens is 540 g/mol. The van der Waals surface area contributed by atoms with E-state index in [9.17, 15) is 18.0 Å². The van der Waals surface area contributed by atoms with Gasteiger partial charge in [0.2, 0.25) is 5.91 Å². The van der Waals surface area contributed by atoms with E-state index in [-0.39, 0.29) is 30.7 Å². The normalized spacial score (nSPS) is 15.8. The number of anilines is 1. The molecule has 2 heterocycles. The maximum absolute atomic E-state index is 15.4. The number of carbonyl (C=O) groups is 1. The largest absolute Gasteiger partial charge is 0.573 e. The number of alkyl halides is 3. The van der Waals surface area contributed by atoms with Gasteiger partial charge in [0.05, 0.1) is 16.7 Å². The van der Waals surface area contributed by atoms with Gasteiger partial charge in [0.1, 0.15) is 29.7 Å². The van der Waals surface area contributed by atoms with Crippen LogP contribution in [0.1, 0.15) is 24.2 Å². The smallest absolute Gasteiger partial charge is 0.486 e. The van der Waals surface area contributed by atoms with Crippen LogP contribution in [0.5, 0.6) is 11.5 Å². The van der Waals surface area contributed by atoms with E-state index in [1.165, 1.54) is 18.2 Å². The van der Waals surface area contributed by atoms with E-state index in [1.807, 2.05) is 44.7 Å². The maximum Gasteiger partial charge on any atom is 0.573 e. The van der Waals surface area contributed by atoms with E-state index >= 15 is 4.39 Å². The first kappa shape index (κ1) is 26.9. The van der Waals surface area contributed by atoms with Gasteiger partial charge in [-0.05, 0) is 48.7 Å². The van der Waals surface area contributed by atoms with Crippen LogP contribution >= 0.6 is 0 Å². The predicted molar refractivity (Wildman–Crippen MR) is 144 cm³/mol. The number of carbonyl (C=O) groups excluding carboxylic acids is 1. The highest BCUT2D eigenvalue weighted by Crippen LogP contribution is 2.33. The standard InChI is InChI=1S/C30H28F4N4O3/c31-24-16-25-27(17-26(24)36-12-14-37(15-13-36)29(39)21-8-9-21)38(28(35-25)19-40-22-4-2-1-3-5-22)18-20-6-10-23(11-7-20)41-30(32,33)34/h1-7,10-11,16-17,21H,8-9,12-15,18-19H2. The lowest BCUT2D eigenvalue weighted by Gasteiger charge is -2.36. The van der Waals surface area contributed by atoms with Crippen molar-refractivity contribution in [3.63, 3.8) is 0 Å². The molecule has 0 spiro atoms. The summed E-state index contributed by atoms with van der Waals surface area (Å²) in [6, 6.07) is 18.0. The minimum atomic E-state index is -4.78. The number of rotatable bonds is 8. The second-order valence-electron chi connectivity index (χ2n) is 10.3. The summed E-state index contributed by atoms with van der Waals surface area (Å²) in [6.45, 7) is 2.47. The number of aromatic nitrogens is 2. The highest BCUT2D eigenvalue weighted by Gasteiger charge is 2.35. The van der Waals surface area contributed by atoms with E-state index in [4.69, 9.17) is 4.74 Å². The van der Waals surface area contributed by atoms with Gasteiger partial charge < -0.3 is 23.8 Å². The van der Waals surface area contributed by atoms with Crippen molar-refractivity contribution in [3.8, 4) is 11.5 Å². The highest BCUT2D eigenvalue weighted by atomic mass is 19.4. The van der Waals surface area contributed by atoms with Crippen molar-refractivity contribution in [1.29, 1.82) is 0 Å². The molecule has 1 saturated heterocycles. The average molecular weight is 569 g/mol. The number of ether oxygens (including phenoxy) is 2. The van der Waals surface area contributed by atoms with Crippen LogP contribution in [0.25, 0.3) is 11.0 Å². The number of imidazole rings is 1. The lowest BCUT2D eigenvalue weighted by Crippen LogP contribution is -2.49. The van der Waals surface area contributed by atoms with E-state index < -0.39 is 12.2 Å². The third-order valence-electron chi connectivity index (χ3n) is 7.36. The van der Waals surface area contributed by atoms with Gasteiger partial charge in [0.15, 0.2) is 0 Å². The number of para-hydroxylation sites is 1. The molecule has 7 nitrogen and oxygen atoms in total. The molecule has 1 amide bonds. The van der Waals surface area contributed by atoms with Gasteiger partial charge in [0.25, 0.3) is 0 Å². The number of fused-ring (bicyclic) bond motifs is 1. The van der Waals surface area contributed by atoms with Crippen molar-refractivity contribution in [2.24, 2.45) is 5.92 Å². The number of amides is 1. The molecule has 1 saturated carbocycles. The maximum atomic E-state index is 15.4. The van der Waals surface area contributed by atoms with Crippen molar-refractivity contribution >= 4 is 22.6 Å². The van der Waals surface area contributed by atoms with E-state index in [1.54, 1.807) is 18.2 Å². The Morgan fingerprint density at radius 3 is 2.29 bits per heavy atom. The van der Waals surface area contributed by atoms with Crippen LogP contribution in [0.2, 0.25) is 0 Å². The summed E-state index contributed by atoms with van der Waals surface area (Å²) in [6.07, 6.45) is -2.88. The van der Waals surface area contributed by atoms with E-state index in [0.29, 0.717) is 60.0 Å². The summed E-state index contributed by atoms with van der Waals surface area (Å²) < 4.78 is 65.1. The molecule has 2 aliphatic rings. The number of piperazine rings is 1. The van der Waals surface area contributed by atoms with Crippen LogP contribution in [-0.4, -0.2) is 52.9 Å². The highest BCUT2D eigenvalue weighted by molar-refractivity contribution is 5.82. The summed E-state index contributed by atoms with van der Waals surface area (Å²) >= 11 is 0. The first-order valence-electron chi connectivity index (χ1n) is 13.5. The molecule has 1 aliphatic heterocycles. The molecule has 0 radical (unpaired) electrons. The average Bonchev–Trinajstić information content (AvgIpc) is 3.76. The fourth-order valence-electron chi connectivity index (χ4n) is 5.11. The molecule has 0 atom stereocenters. The second kappa shape index (κ2) is 10.9. The van der Waals surface area contributed by atoms with Gasteiger partial charge in [0, 0.05) is 44.7 Å². The fraction of sp³-hybridized carbons (Fsp3) is 0.333.